The average Bonchev–Trinajstić information content (AvgIpc) is 2.16. The third kappa shape index (κ3) is 7.87. The molecule has 0 atom stereocenters. The second kappa shape index (κ2) is 8.13. The van der Waals surface area contributed by atoms with Crippen LogP contribution in [0.2, 0.25) is 0 Å². The Kier molecular flexibility index (Phi) is 7.83. The number of carbonyl (C=O) groups excluding carboxylic acids is 2. The first-order chi connectivity index (χ1) is 6.20. The van der Waals surface area contributed by atoms with Gasteiger partial charge in [-0.25, -0.2) is 0 Å². The van der Waals surface area contributed by atoms with Crippen LogP contribution in [-0.4, -0.2) is 36.7 Å². The van der Waals surface area contributed by atoms with Gasteiger partial charge in [0.2, 0.25) is 11.8 Å². The van der Waals surface area contributed by atoms with Crippen molar-refractivity contribution in [3.05, 3.63) is 0 Å². The van der Waals surface area contributed by atoms with Crippen molar-refractivity contribution in [2.45, 2.75) is 6.42 Å². The van der Waals surface area contributed by atoms with Crippen LogP contribution in [0.1, 0.15) is 6.42 Å². The highest BCUT2D eigenvalue weighted by atomic mass is 35.5. The SMILES string of the molecule is O=C(CCl)NCCCNC(=O)CCl. The highest BCUT2D eigenvalue weighted by molar-refractivity contribution is 6.27. The van der Waals surface area contributed by atoms with Gasteiger partial charge in [0.1, 0.15) is 11.8 Å². The van der Waals surface area contributed by atoms with Gasteiger partial charge >= 0.3 is 0 Å². The standard InChI is InChI=1S/C7H12Cl2N2O2/c8-4-6(12)10-2-1-3-11-7(13)5-9/h1-5H2,(H,10,12)(H,11,13). The fourth-order valence-corrected chi connectivity index (χ4v) is 0.827. The summed E-state index contributed by atoms with van der Waals surface area (Å²) >= 11 is 10.5. The molecule has 6 heteroatoms. The Morgan fingerprint density at radius 3 is 1.62 bits per heavy atom. The number of hydrogen-bond acceptors (Lipinski definition) is 2. The van der Waals surface area contributed by atoms with Crippen molar-refractivity contribution in [1.82, 2.24) is 10.6 Å². The first-order valence-electron chi connectivity index (χ1n) is 3.86. The molecule has 0 aromatic carbocycles. The number of carbonyl (C=O) groups is 2. The van der Waals surface area contributed by atoms with Crippen molar-refractivity contribution in [3.8, 4) is 0 Å². The molecular weight excluding hydrogens is 215 g/mol. The van der Waals surface area contributed by atoms with Crippen molar-refractivity contribution >= 4 is 35.0 Å². The predicted molar refractivity (Wildman–Crippen MR) is 52.1 cm³/mol. The van der Waals surface area contributed by atoms with Crippen LogP contribution in [0.15, 0.2) is 0 Å². The Balaban J connectivity index is 3.17. The first kappa shape index (κ1) is 12.5. The van der Waals surface area contributed by atoms with Crippen LogP contribution in [0.5, 0.6) is 0 Å². The molecule has 0 bridgehead atoms. The minimum Gasteiger partial charge on any atom is -0.355 e. The monoisotopic (exact) mass is 226 g/mol. The van der Waals surface area contributed by atoms with Crippen LogP contribution < -0.4 is 10.6 Å². The molecule has 0 aliphatic carbocycles. The Bertz CT molecular complexity index is 158. The molecule has 4 nitrogen and oxygen atoms in total. The van der Waals surface area contributed by atoms with Crippen LogP contribution in [0.3, 0.4) is 0 Å². The van der Waals surface area contributed by atoms with E-state index in [1.807, 2.05) is 0 Å². The fourth-order valence-electron chi connectivity index (χ4n) is 0.638. The summed E-state index contributed by atoms with van der Waals surface area (Å²) in [5.74, 6) is -0.474. The molecular formula is C7H12Cl2N2O2. The second-order valence-corrected chi connectivity index (χ2v) is 2.86. The maximum Gasteiger partial charge on any atom is 0.234 e. The van der Waals surface area contributed by atoms with E-state index in [2.05, 4.69) is 10.6 Å². The average molecular weight is 227 g/mol. The lowest BCUT2D eigenvalue weighted by Gasteiger charge is -2.03. The predicted octanol–water partition coefficient (Wildman–Crippen LogP) is 0.0865. The third-order valence-corrected chi connectivity index (χ3v) is 1.73. The van der Waals surface area contributed by atoms with Gasteiger partial charge in [-0.3, -0.25) is 9.59 Å². The topological polar surface area (TPSA) is 58.2 Å². The summed E-state index contributed by atoms with van der Waals surface area (Å²) in [6.07, 6.45) is 0.672. The molecule has 0 rings (SSSR count). The van der Waals surface area contributed by atoms with E-state index in [1.165, 1.54) is 0 Å². The molecule has 0 spiro atoms. The first-order valence-corrected chi connectivity index (χ1v) is 4.93. The van der Waals surface area contributed by atoms with E-state index in [0.29, 0.717) is 19.5 Å². The van der Waals surface area contributed by atoms with E-state index < -0.39 is 0 Å². The lowest BCUT2D eigenvalue weighted by Crippen LogP contribution is -2.30. The van der Waals surface area contributed by atoms with Crippen molar-refractivity contribution in [2.75, 3.05) is 24.8 Å². The van der Waals surface area contributed by atoms with Gasteiger partial charge < -0.3 is 10.6 Å². The smallest absolute Gasteiger partial charge is 0.234 e. The molecule has 0 aromatic rings. The number of alkyl halides is 2. The summed E-state index contributed by atoms with van der Waals surface area (Å²) in [6.45, 7) is 1.02. The molecule has 0 aromatic heterocycles. The third-order valence-electron chi connectivity index (χ3n) is 1.24. The molecule has 0 saturated heterocycles. The van der Waals surface area contributed by atoms with Gasteiger partial charge in [0.15, 0.2) is 0 Å². The molecule has 0 radical (unpaired) electrons. The van der Waals surface area contributed by atoms with Gasteiger partial charge in [0.25, 0.3) is 0 Å². The van der Waals surface area contributed by atoms with E-state index in [1.54, 1.807) is 0 Å². The van der Waals surface area contributed by atoms with Crippen molar-refractivity contribution in [1.29, 1.82) is 0 Å². The summed E-state index contributed by atoms with van der Waals surface area (Å²) in [7, 11) is 0. The summed E-state index contributed by atoms with van der Waals surface area (Å²) in [5.41, 5.74) is 0. The normalized spacial score (nSPS) is 9.38. The zero-order valence-corrected chi connectivity index (χ0v) is 8.62. The molecule has 0 heterocycles. The molecule has 2 N–H and O–H groups in total. The number of amides is 2. The molecule has 2 amide bonds. The lowest BCUT2D eigenvalue weighted by atomic mass is 10.4. The Morgan fingerprint density at radius 1 is 0.923 bits per heavy atom. The summed E-state index contributed by atoms with van der Waals surface area (Å²) < 4.78 is 0. The maximum absolute atomic E-state index is 10.6. The van der Waals surface area contributed by atoms with Crippen LogP contribution >= 0.6 is 23.2 Å². The van der Waals surface area contributed by atoms with Crippen LogP contribution in [0.25, 0.3) is 0 Å². The van der Waals surface area contributed by atoms with Gasteiger partial charge in [-0.15, -0.1) is 23.2 Å². The maximum atomic E-state index is 10.6. The number of rotatable bonds is 6. The zero-order valence-electron chi connectivity index (χ0n) is 7.11. The summed E-state index contributed by atoms with van der Waals surface area (Å²) in [6, 6.07) is 0. The Morgan fingerprint density at radius 2 is 1.31 bits per heavy atom. The van der Waals surface area contributed by atoms with Crippen LogP contribution in [0, 0.1) is 0 Å². The fraction of sp³-hybridized carbons (Fsp3) is 0.714. The van der Waals surface area contributed by atoms with E-state index in [4.69, 9.17) is 23.2 Å². The highest BCUT2D eigenvalue weighted by Crippen LogP contribution is 1.79. The van der Waals surface area contributed by atoms with Crippen molar-refractivity contribution in [3.63, 3.8) is 0 Å². The van der Waals surface area contributed by atoms with Gasteiger partial charge in [0.05, 0.1) is 0 Å². The minimum atomic E-state index is -0.203. The van der Waals surface area contributed by atoms with E-state index in [-0.39, 0.29) is 23.6 Å². The van der Waals surface area contributed by atoms with Crippen LogP contribution in [0.4, 0.5) is 0 Å². The van der Waals surface area contributed by atoms with Gasteiger partial charge in [0, 0.05) is 13.1 Å². The Labute approximate surface area is 87.0 Å². The summed E-state index contributed by atoms with van der Waals surface area (Å²) in [4.78, 5) is 21.2. The zero-order chi connectivity index (χ0) is 10.1. The van der Waals surface area contributed by atoms with Crippen molar-refractivity contribution in [2.24, 2.45) is 0 Å². The van der Waals surface area contributed by atoms with Crippen molar-refractivity contribution < 1.29 is 9.59 Å². The van der Waals surface area contributed by atoms with E-state index >= 15 is 0 Å². The summed E-state index contributed by atoms with van der Waals surface area (Å²) in [5, 5.41) is 5.14. The number of halogens is 2. The minimum absolute atomic E-state index is 0.0337. The molecule has 0 unspecified atom stereocenters. The second-order valence-electron chi connectivity index (χ2n) is 2.32. The lowest BCUT2D eigenvalue weighted by molar-refractivity contribution is -0.119. The molecule has 76 valence electrons. The number of nitrogens with one attached hydrogen (secondary N) is 2. The number of hydrogen-bond donors (Lipinski definition) is 2. The molecule has 0 aliphatic rings. The van der Waals surface area contributed by atoms with Gasteiger partial charge in [-0.1, -0.05) is 0 Å². The molecule has 13 heavy (non-hydrogen) atoms. The molecule has 0 aliphatic heterocycles. The van der Waals surface area contributed by atoms with Gasteiger partial charge in [-0.2, -0.15) is 0 Å². The van der Waals surface area contributed by atoms with Crippen LogP contribution in [-0.2, 0) is 9.59 Å². The quantitative estimate of drug-likeness (QED) is 0.499. The molecule has 0 saturated carbocycles. The van der Waals surface area contributed by atoms with Gasteiger partial charge in [-0.05, 0) is 6.42 Å². The Hall–Kier alpha value is -0.480. The van der Waals surface area contributed by atoms with E-state index in [9.17, 15) is 9.59 Å². The van der Waals surface area contributed by atoms with E-state index in [0.717, 1.165) is 0 Å². The largest absolute Gasteiger partial charge is 0.355 e. The highest BCUT2D eigenvalue weighted by Gasteiger charge is 1.98. The molecule has 0 fully saturated rings.